The van der Waals surface area contributed by atoms with Crippen molar-refractivity contribution in [3.05, 3.63) is 103 Å². The van der Waals surface area contributed by atoms with Crippen LogP contribution in [-0.2, 0) is 0 Å². The molecule has 3 aromatic rings. The van der Waals surface area contributed by atoms with E-state index in [0.29, 0.717) is 21.3 Å². The van der Waals surface area contributed by atoms with Gasteiger partial charge in [0.15, 0.2) is 0 Å². The Balaban J connectivity index is 1.97. The van der Waals surface area contributed by atoms with E-state index in [2.05, 4.69) is 0 Å². The van der Waals surface area contributed by atoms with E-state index in [1.165, 1.54) is 35.7 Å². The van der Waals surface area contributed by atoms with Crippen LogP contribution in [0.2, 0.25) is 10.0 Å². The van der Waals surface area contributed by atoms with E-state index in [1.807, 2.05) is 48.5 Å². The summed E-state index contributed by atoms with van der Waals surface area (Å²) in [5.74, 6) is 0. The topological polar surface area (TPSA) is 69.2 Å². The van der Waals surface area contributed by atoms with E-state index < -0.39 is 4.92 Å². The molecule has 8 heteroatoms. The summed E-state index contributed by atoms with van der Waals surface area (Å²) >= 11 is 14.9. The third kappa shape index (κ3) is 5.45. The van der Waals surface area contributed by atoms with Crippen molar-refractivity contribution in [2.45, 2.75) is 9.79 Å². The number of thioether (sulfide) groups is 2. The largest absolute Gasteiger partial charge is 0.397 e. The van der Waals surface area contributed by atoms with E-state index >= 15 is 0 Å². The van der Waals surface area contributed by atoms with Crippen LogP contribution in [0.4, 0.5) is 5.69 Å². The first-order valence-electron chi connectivity index (χ1n) is 8.04. The Bertz CT molecular complexity index is 956. The van der Waals surface area contributed by atoms with Crippen LogP contribution >= 0.6 is 46.7 Å². The van der Waals surface area contributed by atoms with Crippen LogP contribution in [0.15, 0.2) is 86.8 Å². The van der Waals surface area contributed by atoms with Gasteiger partial charge in [0.2, 0.25) is 0 Å². The molecule has 142 valence electrons. The molecule has 0 unspecified atom stereocenters. The number of halogens is 2. The van der Waals surface area contributed by atoms with Gasteiger partial charge in [-0.15, -0.1) is 0 Å². The molecule has 0 aliphatic carbocycles. The Hall–Kier alpha value is -2.12. The number of hydrogen-bond donors (Lipinski definition) is 1. The molecular weight excluding hydrogens is 435 g/mol. The lowest BCUT2D eigenvalue weighted by Gasteiger charge is -2.12. The zero-order valence-corrected chi connectivity index (χ0v) is 17.5. The minimum absolute atomic E-state index is 0.0220. The lowest BCUT2D eigenvalue weighted by Crippen LogP contribution is -1.99. The number of nitro benzene ring substituents is 1. The fourth-order valence-electron chi connectivity index (χ4n) is 2.23. The maximum absolute atomic E-state index is 10.9. The predicted octanol–water partition coefficient (Wildman–Crippen LogP) is 7.07. The van der Waals surface area contributed by atoms with Gasteiger partial charge in [0.1, 0.15) is 0 Å². The molecule has 0 spiro atoms. The summed E-state index contributed by atoms with van der Waals surface area (Å²) in [5.41, 5.74) is 7.71. The van der Waals surface area contributed by atoms with Gasteiger partial charge >= 0.3 is 0 Å². The molecule has 0 atom stereocenters. The maximum atomic E-state index is 10.9. The molecule has 0 aromatic heterocycles. The second kappa shape index (κ2) is 9.39. The van der Waals surface area contributed by atoms with Crippen molar-refractivity contribution in [3.63, 3.8) is 0 Å². The second-order valence-electron chi connectivity index (χ2n) is 5.62. The number of rotatable bonds is 6. The average Bonchev–Trinajstić information content (AvgIpc) is 2.70. The summed E-state index contributed by atoms with van der Waals surface area (Å²) in [6, 6.07) is 21.1. The molecule has 0 aliphatic heterocycles. The molecule has 0 saturated heterocycles. The zero-order valence-electron chi connectivity index (χ0n) is 14.3. The Morgan fingerprint density at radius 3 is 1.61 bits per heavy atom. The fourth-order valence-corrected chi connectivity index (χ4v) is 4.65. The zero-order chi connectivity index (χ0) is 20.1. The number of nitrogens with two attached hydrogens (primary N) is 1. The minimum Gasteiger partial charge on any atom is -0.397 e. The standard InChI is InChI=1S/C20H14Cl2N2O2S2/c21-14-3-9-17(10-4-14)27-20(28-18-11-5-15(22)6-12-18)19(23)13-1-7-16(8-2-13)24(25)26/h1-12H,23H2. The van der Waals surface area contributed by atoms with E-state index in [-0.39, 0.29) is 5.69 Å². The monoisotopic (exact) mass is 448 g/mol. The highest BCUT2D eigenvalue weighted by molar-refractivity contribution is 8.22. The van der Waals surface area contributed by atoms with Crippen molar-refractivity contribution in [3.8, 4) is 0 Å². The van der Waals surface area contributed by atoms with E-state index in [0.717, 1.165) is 14.0 Å². The number of benzene rings is 3. The van der Waals surface area contributed by atoms with Gasteiger partial charge in [0.25, 0.3) is 5.69 Å². The number of nitro groups is 1. The smallest absolute Gasteiger partial charge is 0.269 e. The molecule has 0 bridgehead atoms. The highest BCUT2D eigenvalue weighted by Crippen LogP contribution is 2.42. The van der Waals surface area contributed by atoms with Gasteiger partial charge in [-0.25, -0.2) is 0 Å². The van der Waals surface area contributed by atoms with Crippen molar-refractivity contribution in [1.29, 1.82) is 0 Å². The quantitative estimate of drug-likeness (QED) is 0.248. The van der Waals surface area contributed by atoms with E-state index in [4.69, 9.17) is 28.9 Å². The third-order valence-electron chi connectivity index (χ3n) is 3.66. The number of hydrogen-bond acceptors (Lipinski definition) is 5. The molecular formula is C20H14Cl2N2O2S2. The van der Waals surface area contributed by atoms with Crippen LogP contribution in [0.5, 0.6) is 0 Å². The van der Waals surface area contributed by atoms with Crippen molar-refractivity contribution >= 4 is 58.1 Å². The lowest BCUT2D eigenvalue weighted by molar-refractivity contribution is -0.384. The summed E-state index contributed by atoms with van der Waals surface area (Å²) in [4.78, 5) is 12.4. The maximum Gasteiger partial charge on any atom is 0.269 e. The first kappa shape index (κ1) is 20.6. The van der Waals surface area contributed by atoms with Crippen LogP contribution in [0.1, 0.15) is 5.56 Å². The molecule has 0 amide bonds. The Morgan fingerprint density at radius 2 is 1.21 bits per heavy atom. The summed E-state index contributed by atoms with van der Waals surface area (Å²) < 4.78 is 0.846. The summed E-state index contributed by atoms with van der Waals surface area (Å²) in [6.07, 6.45) is 0. The van der Waals surface area contributed by atoms with Crippen LogP contribution in [0.3, 0.4) is 0 Å². The van der Waals surface area contributed by atoms with Crippen LogP contribution in [-0.4, -0.2) is 4.92 Å². The molecule has 0 aliphatic rings. The predicted molar refractivity (Wildman–Crippen MR) is 119 cm³/mol. The van der Waals surface area contributed by atoms with E-state index in [1.54, 1.807) is 12.1 Å². The first-order chi connectivity index (χ1) is 13.4. The van der Waals surface area contributed by atoms with Crippen molar-refractivity contribution < 1.29 is 4.92 Å². The molecule has 4 nitrogen and oxygen atoms in total. The van der Waals surface area contributed by atoms with Crippen LogP contribution in [0.25, 0.3) is 5.70 Å². The number of nitrogens with zero attached hydrogens (tertiary/aromatic N) is 1. The lowest BCUT2D eigenvalue weighted by atomic mass is 10.2. The summed E-state index contributed by atoms with van der Waals surface area (Å²) in [6.45, 7) is 0. The van der Waals surface area contributed by atoms with Crippen molar-refractivity contribution in [1.82, 2.24) is 0 Å². The molecule has 3 rings (SSSR count). The van der Waals surface area contributed by atoms with Gasteiger partial charge in [-0.1, -0.05) is 46.7 Å². The van der Waals surface area contributed by atoms with Crippen molar-refractivity contribution in [2.24, 2.45) is 5.73 Å². The van der Waals surface area contributed by atoms with E-state index in [9.17, 15) is 10.1 Å². The Kier molecular flexibility index (Phi) is 6.91. The van der Waals surface area contributed by atoms with Gasteiger partial charge in [0, 0.05) is 32.0 Å². The molecule has 0 radical (unpaired) electrons. The molecule has 28 heavy (non-hydrogen) atoms. The normalized spacial score (nSPS) is 10.5. The van der Waals surface area contributed by atoms with Crippen LogP contribution < -0.4 is 5.73 Å². The Labute approximate surface area is 180 Å². The third-order valence-corrected chi connectivity index (χ3v) is 6.49. The highest BCUT2D eigenvalue weighted by atomic mass is 35.5. The first-order valence-corrected chi connectivity index (χ1v) is 10.4. The summed E-state index contributed by atoms with van der Waals surface area (Å²) in [5, 5.41) is 12.2. The van der Waals surface area contributed by atoms with Gasteiger partial charge < -0.3 is 5.73 Å². The SMILES string of the molecule is NC(=C(Sc1ccc(Cl)cc1)Sc1ccc(Cl)cc1)c1ccc([N+](=O)[O-])cc1. The fraction of sp³-hybridized carbons (Fsp3) is 0. The second-order valence-corrected chi connectivity index (χ2v) is 8.92. The molecule has 3 aromatic carbocycles. The Morgan fingerprint density at radius 1 is 0.786 bits per heavy atom. The minimum atomic E-state index is -0.435. The molecule has 2 N–H and O–H groups in total. The summed E-state index contributed by atoms with van der Waals surface area (Å²) in [7, 11) is 0. The van der Waals surface area contributed by atoms with Crippen molar-refractivity contribution in [2.75, 3.05) is 0 Å². The molecule has 0 saturated carbocycles. The van der Waals surface area contributed by atoms with Gasteiger partial charge in [-0.2, -0.15) is 0 Å². The van der Waals surface area contributed by atoms with Gasteiger partial charge in [0.05, 0.1) is 14.9 Å². The number of non-ortho nitro benzene ring substituents is 1. The van der Waals surface area contributed by atoms with Crippen LogP contribution in [0, 0.1) is 10.1 Å². The van der Waals surface area contributed by atoms with Gasteiger partial charge in [-0.05, 0) is 66.2 Å². The molecule has 0 heterocycles. The average molecular weight is 449 g/mol. The molecule has 0 fully saturated rings. The highest BCUT2D eigenvalue weighted by Gasteiger charge is 2.13. The van der Waals surface area contributed by atoms with Gasteiger partial charge in [-0.3, -0.25) is 10.1 Å².